The molecule has 0 saturated carbocycles. The fourth-order valence-electron chi connectivity index (χ4n) is 2.29. The quantitative estimate of drug-likeness (QED) is 0.900. The van der Waals surface area contributed by atoms with E-state index < -0.39 is 5.60 Å². The molecule has 0 amide bonds. The van der Waals surface area contributed by atoms with Crippen molar-refractivity contribution >= 4 is 11.0 Å². The van der Waals surface area contributed by atoms with E-state index in [4.69, 9.17) is 0 Å². The van der Waals surface area contributed by atoms with Crippen LogP contribution in [0.5, 0.6) is 0 Å². The van der Waals surface area contributed by atoms with Crippen LogP contribution in [0.25, 0.3) is 11.0 Å². The fraction of sp³-hybridized carbons (Fsp3) is 0.533. The molecule has 1 N–H and O–H groups in total. The monoisotopic (exact) mass is 246 g/mol. The number of hydrogen-bond donors (Lipinski definition) is 1. The van der Waals surface area contributed by atoms with Gasteiger partial charge in [0, 0.05) is 13.5 Å². The van der Waals surface area contributed by atoms with Gasteiger partial charge in [0.1, 0.15) is 5.82 Å². The first-order chi connectivity index (χ1) is 8.45. The van der Waals surface area contributed by atoms with Crippen molar-refractivity contribution in [3.05, 3.63) is 30.1 Å². The average molecular weight is 246 g/mol. The van der Waals surface area contributed by atoms with E-state index in [9.17, 15) is 5.11 Å². The van der Waals surface area contributed by atoms with Crippen molar-refractivity contribution in [3.63, 3.8) is 0 Å². The number of benzene rings is 1. The molecule has 3 heteroatoms. The third kappa shape index (κ3) is 2.27. The molecule has 3 nitrogen and oxygen atoms in total. The molecule has 0 aliphatic carbocycles. The second-order valence-corrected chi connectivity index (χ2v) is 5.42. The Hall–Kier alpha value is -1.35. The Balaban J connectivity index is 2.35. The van der Waals surface area contributed by atoms with E-state index in [1.807, 2.05) is 32.2 Å². The fourth-order valence-corrected chi connectivity index (χ4v) is 2.29. The van der Waals surface area contributed by atoms with Gasteiger partial charge in [-0.25, -0.2) is 4.98 Å². The van der Waals surface area contributed by atoms with E-state index in [1.54, 1.807) is 0 Å². The van der Waals surface area contributed by atoms with Crippen molar-refractivity contribution in [2.75, 3.05) is 0 Å². The highest BCUT2D eigenvalue weighted by molar-refractivity contribution is 5.75. The highest BCUT2D eigenvalue weighted by Crippen LogP contribution is 2.25. The van der Waals surface area contributed by atoms with E-state index in [2.05, 4.69) is 29.5 Å². The van der Waals surface area contributed by atoms with Gasteiger partial charge < -0.3 is 9.67 Å². The van der Waals surface area contributed by atoms with Crippen molar-refractivity contribution in [1.29, 1.82) is 0 Å². The molecule has 0 spiro atoms. The van der Waals surface area contributed by atoms with Crippen LogP contribution >= 0.6 is 0 Å². The molecule has 2 rings (SSSR count). The lowest BCUT2D eigenvalue weighted by Gasteiger charge is -2.29. The Morgan fingerprint density at radius 2 is 2.06 bits per heavy atom. The summed E-state index contributed by atoms with van der Waals surface area (Å²) in [7, 11) is 2.01. The molecule has 0 aliphatic rings. The summed E-state index contributed by atoms with van der Waals surface area (Å²) in [6, 6.07) is 8.08. The summed E-state index contributed by atoms with van der Waals surface area (Å²) >= 11 is 0. The Bertz CT molecular complexity index is 542. The molecular formula is C15H22N2O. The molecule has 0 aliphatic heterocycles. The van der Waals surface area contributed by atoms with Crippen molar-refractivity contribution in [1.82, 2.24) is 9.55 Å². The van der Waals surface area contributed by atoms with Crippen LogP contribution in [0, 0.1) is 5.92 Å². The Labute approximate surface area is 108 Å². The van der Waals surface area contributed by atoms with Crippen LogP contribution in [0.3, 0.4) is 0 Å². The van der Waals surface area contributed by atoms with Crippen LogP contribution in [0.1, 0.15) is 33.0 Å². The van der Waals surface area contributed by atoms with E-state index in [0.717, 1.165) is 23.3 Å². The van der Waals surface area contributed by atoms with Crippen molar-refractivity contribution in [3.8, 4) is 0 Å². The van der Waals surface area contributed by atoms with E-state index in [1.165, 1.54) is 0 Å². The molecule has 1 heterocycles. The average Bonchev–Trinajstić information content (AvgIpc) is 2.65. The van der Waals surface area contributed by atoms with Gasteiger partial charge in [0.15, 0.2) is 0 Å². The third-order valence-corrected chi connectivity index (χ3v) is 4.07. The molecule has 0 fully saturated rings. The second-order valence-electron chi connectivity index (χ2n) is 5.42. The van der Waals surface area contributed by atoms with Crippen LogP contribution < -0.4 is 0 Å². The zero-order chi connectivity index (χ0) is 13.3. The number of imidazole rings is 1. The lowest BCUT2D eigenvalue weighted by molar-refractivity contribution is 0.00300. The van der Waals surface area contributed by atoms with Crippen LogP contribution in [-0.2, 0) is 13.5 Å². The first kappa shape index (κ1) is 13.1. The highest BCUT2D eigenvalue weighted by atomic mass is 16.3. The predicted molar refractivity (Wildman–Crippen MR) is 74.5 cm³/mol. The smallest absolute Gasteiger partial charge is 0.112 e. The molecule has 2 unspecified atom stereocenters. The molecule has 2 aromatic rings. The topological polar surface area (TPSA) is 38.1 Å². The van der Waals surface area contributed by atoms with Crippen molar-refractivity contribution in [2.24, 2.45) is 13.0 Å². The zero-order valence-corrected chi connectivity index (χ0v) is 11.6. The zero-order valence-electron chi connectivity index (χ0n) is 11.6. The standard InChI is InChI=1S/C15H22N2O/c1-5-11(2)15(3,18)10-14-16-12-8-6-7-9-13(12)17(14)4/h6-9,11,18H,5,10H2,1-4H3. The number of aromatic nitrogens is 2. The summed E-state index contributed by atoms with van der Waals surface area (Å²) in [6.07, 6.45) is 1.56. The lowest BCUT2D eigenvalue weighted by atomic mass is 9.85. The van der Waals surface area contributed by atoms with Crippen LogP contribution in [0.4, 0.5) is 0 Å². The van der Waals surface area contributed by atoms with E-state index in [0.29, 0.717) is 6.42 Å². The molecule has 1 aromatic heterocycles. The molecule has 18 heavy (non-hydrogen) atoms. The molecule has 0 radical (unpaired) electrons. The second kappa shape index (κ2) is 4.73. The summed E-state index contributed by atoms with van der Waals surface area (Å²) in [5, 5.41) is 10.5. The van der Waals surface area contributed by atoms with Gasteiger partial charge in [-0.3, -0.25) is 0 Å². The third-order valence-electron chi connectivity index (χ3n) is 4.07. The molecular weight excluding hydrogens is 224 g/mol. The number of aliphatic hydroxyl groups is 1. The summed E-state index contributed by atoms with van der Waals surface area (Å²) < 4.78 is 2.08. The normalized spacial score (nSPS) is 16.7. The van der Waals surface area contributed by atoms with E-state index >= 15 is 0 Å². The molecule has 2 atom stereocenters. The molecule has 0 bridgehead atoms. The minimum Gasteiger partial charge on any atom is -0.389 e. The first-order valence-corrected chi connectivity index (χ1v) is 6.58. The number of aryl methyl sites for hydroxylation is 1. The van der Waals surface area contributed by atoms with Crippen molar-refractivity contribution in [2.45, 2.75) is 39.2 Å². The maximum Gasteiger partial charge on any atom is 0.112 e. The summed E-state index contributed by atoms with van der Waals surface area (Å²) in [5.41, 5.74) is 1.41. The Kier molecular flexibility index (Phi) is 3.44. The maximum atomic E-state index is 10.5. The number of hydrogen-bond acceptors (Lipinski definition) is 2. The van der Waals surface area contributed by atoms with Gasteiger partial charge >= 0.3 is 0 Å². The van der Waals surface area contributed by atoms with Crippen LogP contribution in [0.15, 0.2) is 24.3 Å². The van der Waals surface area contributed by atoms with Crippen LogP contribution in [0.2, 0.25) is 0 Å². The maximum absolute atomic E-state index is 10.5. The van der Waals surface area contributed by atoms with E-state index in [-0.39, 0.29) is 5.92 Å². The number of fused-ring (bicyclic) bond motifs is 1. The largest absolute Gasteiger partial charge is 0.389 e. The van der Waals surface area contributed by atoms with Gasteiger partial charge in [0.25, 0.3) is 0 Å². The summed E-state index contributed by atoms with van der Waals surface area (Å²) in [5.74, 6) is 1.21. The molecule has 1 aromatic carbocycles. The summed E-state index contributed by atoms with van der Waals surface area (Å²) in [6.45, 7) is 6.09. The highest BCUT2D eigenvalue weighted by Gasteiger charge is 2.29. The number of para-hydroxylation sites is 2. The minimum absolute atomic E-state index is 0.261. The van der Waals surface area contributed by atoms with Crippen molar-refractivity contribution < 1.29 is 5.11 Å². The molecule has 98 valence electrons. The van der Waals surface area contributed by atoms with Crippen LogP contribution in [-0.4, -0.2) is 20.3 Å². The molecule has 0 saturated heterocycles. The number of rotatable bonds is 4. The summed E-state index contributed by atoms with van der Waals surface area (Å²) in [4.78, 5) is 4.62. The van der Waals surface area contributed by atoms with Gasteiger partial charge in [0.05, 0.1) is 16.6 Å². The Morgan fingerprint density at radius 1 is 1.39 bits per heavy atom. The van der Waals surface area contributed by atoms with Gasteiger partial charge in [-0.2, -0.15) is 0 Å². The first-order valence-electron chi connectivity index (χ1n) is 6.58. The van der Waals surface area contributed by atoms with Gasteiger partial charge in [0.2, 0.25) is 0 Å². The van der Waals surface area contributed by atoms with Gasteiger partial charge in [-0.05, 0) is 25.0 Å². The lowest BCUT2D eigenvalue weighted by Crippen LogP contribution is -2.35. The van der Waals surface area contributed by atoms with Gasteiger partial charge in [-0.15, -0.1) is 0 Å². The number of nitrogens with zero attached hydrogens (tertiary/aromatic N) is 2. The van der Waals surface area contributed by atoms with Gasteiger partial charge in [-0.1, -0.05) is 32.4 Å². The minimum atomic E-state index is -0.704. The SMILES string of the molecule is CCC(C)C(C)(O)Cc1nc2ccccc2n1C. The Morgan fingerprint density at radius 3 is 2.67 bits per heavy atom. The predicted octanol–water partition coefficient (Wildman–Crippen LogP) is 2.91.